The largest absolute Gasteiger partial charge is 0.378 e. The molecule has 1 heterocycles. The van der Waals surface area contributed by atoms with Crippen LogP contribution in [-0.4, -0.2) is 36.6 Å². The van der Waals surface area contributed by atoms with Crippen LogP contribution < -0.4 is 10.2 Å². The van der Waals surface area contributed by atoms with Crippen LogP contribution in [0.2, 0.25) is 10.0 Å². The molecule has 1 aromatic heterocycles. The first kappa shape index (κ1) is 21.9. The molecule has 30 heavy (non-hydrogen) atoms. The van der Waals surface area contributed by atoms with Gasteiger partial charge in [-0.15, -0.1) is 0 Å². The molecular weight excluding hydrogens is 419 g/mol. The van der Waals surface area contributed by atoms with Crippen molar-refractivity contribution in [3.63, 3.8) is 0 Å². The van der Waals surface area contributed by atoms with Crippen LogP contribution in [0.15, 0.2) is 66.9 Å². The Morgan fingerprint density at radius 3 is 2.43 bits per heavy atom. The number of nitrogens with one attached hydrogen (secondary N) is 1. The second kappa shape index (κ2) is 10.3. The molecular formula is C23H24Cl2N4O. The Morgan fingerprint density at radius 2 is 1.77 bits per heavy atom. The number of nitrogens with zero attached hydrogens (tertiary/aromatic N) is 3. The molecule has 0 atom stereocenters. The summed E-state index contributed by atoms with van der Waals surface area (Å²) in [6.45, 7) is 0.973. The number of carbonyl (C=O) groups excluding carboxylic acids is 1. The first-order chi connectivity index (χ1) is 14.4. The van der Waals surface area contributed by atoms with E-state index in [0.29, 0.717) is 35.2 Å². The number of rotatable bonds is 7. The van der Waals surface area contributed by atoms with Gasteiger partial charge < -0.3 is 15.1 Å². The predicted molar refractivity (Wildman–Crippen MR) is 125 cm³/mol. The predicted octanol–water partition coefficient (Wildman–Crippen LogP) is 5.73. The standard InChI is InChI=1S/C23H24Cl2N4O/c1-28(2)19-11-9-17(10-12-19)16-29(15-13-18-6-3-4-14-26-18)23(30)27-21-8-5-7-20(24)22(21)25/h3-12,14H,13,15-16H2,1-2H3,(H,27,30). The van der Waals surface area contributed by atoms with E-state index in [0.717, 1.165) is 16.9 Å². The second-order valence-corrected chi connectivity index (χ2v) is 7.87. The molecule has 3 rings (SSSR count). The molecule has 0 aliphatic heterocycles. The fraction of sp³-hybridized carbons (Fsp3) is 0.217. The smallest absolute Gasteiger partial charge is 0.322 e. The maximum Gasteiger partial charge on any atom is 0.322 e. The molecule has 0 spiro atoms. The average molecular weight is 443 g/mol. The number of hydrogen-bond acceptors (Lipinski definition) is 3. The number of urea groups is 1. The SMILES string of the molecule is CN(C)c1ccc(CN(CCc2ccccn2)C(=O)Nc2cccc(Cl)c2Cl)cc1. The third-order valence-corrected chi connectivity index (χ3v) is 5.49. The molecule has 0 aliphatic carbocycles. The van der Waals surface area contributed by atoms with E-state index in [-0.39, 0.29) is 6.03 Å². The summed E-state index contributed by atoms with van der Waals surface area (Å²) in [7, 11) is 3.99. The van der Waals surface area contributed by atoms with E-state index in [9.17, 15) is 4.79 Å². The lowest BCUT2D eigenvalue weighted by Crippen LogP contribution is -2.36. The van der Waals surface area contributed by atoms with Gasteiger partial charge in [-0.1, -0.05) is 47.5 Å². The average Bonchev–Trinajstić information content (AvgIpc) is 2.75. The summed E-state index contributed by atoms with van der Waals surface area (Å²) in [6.07, 6.45) is 2.40. The van der Waals surface area contributed by atoms with Crippen LogP contribution in [0.25, 0.3) is 0 Å². The maximum absolute atomic E-state index is 13.1. The van der Waals surface area contributed by atoms with Gasteiger partial charge in [0.25, 0.3) is 0 Å². The van der Waals surface area contributed by atoms with Crippen LogP contribution in [0.4, 0.5) is 16.2 Å². The number of anilines is 2. The molecule has 0 saturated heterocycles. The Bertz CT molecular complexity index is 978. The van der Waals surface area contributed by atoms with Gasteiger partial charge >= 0.3 is 6.03 Å². The van der Waals surface area contributed by atoms with Crippen LogP contribution in [-0.2, 0) is 13.0 Å². The Hall–Kier alpha value is -2.76. The Labute approximate surface area is 187 Å². The highest BCUT2D eigenvalue weighted by molar-refractivity contribution is 6.43. The van der Waals surface area contributed by atoms with Crippen molar-refractivity contribution in [3.05, 3.63) is 88.2 Å². The molecule has 0 radical (unpaired) electrons. The van der Waals surface area contributed by atoms with Crippen LogP contribution in [0.1, 0.15) is 11.3 Å². The summed E-state index contributed by atoms with van der Waals surface area (Å²) >= 11 is 12.3. The Balaban J connectivity index is 1.76. The molecule has 5 nitrogen and oxygen atoms in total. The highest BCUT2D eigenvalue weighted by Gasteiger charge is 2.17. The molecule has 0 aliphatic rings. The van der Waals surface area contributed by atoms with Gasteiger partial charge in [0.2, 0.25) is 0 Å². The van der Waals surface area contributed by atoms with Crippen molar-refractivity contribution in [2.75, 3.05) is 30.9 Å². The van der Waals surface area contributed by atoms with Gasteiger partial charge in [0, 0.05) is 51.2 Å². The van der Waals surface area contributed by atoms with Crippen molar-refractivity contribution >= 4 is 40.6 Å². The van der Waals surface area contributed by atoms with Gasteiger partial charge in [-0.3, -0.25) is 4.98 Å². The van der Waals surface area contributed by atoms with E-state index in [1.54, 1.807) is 29.3 Å². The van der Waals surface area contributed by atoms with E-state index in [4.69, 9.17) is 23.2 Å². The summed E-state index contributed by atoms with van der Waals surface area (Å²) in [5.41, 5.74) is 3.56. The topological polar surface area (TPSA) is 48.5 Å². The third-order valence-electron chi connectivity index (χ3n) is 4.67. The van der Waals surface area contributed by atoms with E-state index in [1.807, 2.05) is 61.5 Å². The van der Waals surface area contributed by atoms with Gasteiger partial charge in [-0.05, 0) is 42.0 Å². The lowest BCUT2D eigenvalue weighted by Gasteiger charge is -2.24. The van der Waals surface area contributed by atoms with E-state index in [2.05, 4.69) is 10.3 Å². The third kappa shape index (κ3) is 5.88. The number of benzene rings is 2. The molecule has 2 aromatic carbocycles. The monoisotopic (exact) mass is 442 g/mol. The van der Waals surface area contributed by atoms with Gasteiger partial charge in [0.05, 0.1) is 15.7 Å². The Kier molecular flexibility index (Phi) is 7.55. The summed E-state index contributed by atoms with van der Waals surface area (Å²) in [4.78, 5) is 21.2. The van der Waals surface area contributed by atoms with E-state index >= 15 is 0 Å². The van der Waals surface area contributed by atoms with Crippen LogP contribution >= 0.6 is 23.2 Å². The zero-order chi connectivity index (χ0) is 21.5. The van der Waals surface area contributed by atoms with Crippen LogP contribution in [0, 0.1) is 0 Å². The molecule has 0 bridgehead atoms. The van der Waals surface area contributed by atoms with Crippen molar-refractivity contribution < 1.29 is 4.79 Å². The molecule has 0 fully saturated rings. The lowest BCUT2D eigenvalue weighted by molar-refractivity contribution is 0.209. The lowest BCUT2D eigenvalue weighted by atomic mass is 10.1. The summed E-state index contributed by atoms with van der Waals surface area (Å²) in [6, 6.07) is 18.8. The molecule has 0 unspecified atom stereocenters. The molecule has 156 valence electrons. The molecule has 7 heteroatoms. The van der Waals surface area contributed by atoms with Crippen molar-refractivity contribution in [3.8, 4) is 0 Å². The minimum atomic E-state index is -0.244. The quantitative estimate of drug-likeness (QED) is 0.507. The number of carbonyl (C=O) groups is 1. The fourth-order valence-corrected chi connectivity index (χ4v) is 3.31. The minimum absolute atomic E-state index is 0.244. The molecule has 0 saturated carbocycles. The number of pyridine rings is 1. The fourth-order valence-electron chi connectivity index (χ4n) is 2.96. The van der Waals surface area contributed by atoms with Crippen molar-refractivity contribution in [1.82, 2.24) is 9.88 Å². The van der Waals surface area contributed by atoms with E-state index in [1.165, 1.54) is 0 Å². The van der Waals surface area contributed by atoms with Crippen LogP contribution in [0.3, 0.4) is 0 Å². The first-order valence-corrected chi connectivity index (χ1v) is 10.4. The van der Waals surface area contributed by atoms with Crippen molar-refractivity contribution in [1.29, 1.82) is 0 Å². The highest BCUT2D eigenvalue weighted by atomic mass is 35.5. The maximum atomic E-state index is 13.1. The zero-order valence-electron chi connectivity index (χ0n) is 17.0. The zero-order valence-corrected chi connectivity index (χ0v) is 18.5. The summed E-state index contributed by atoms with van der Waals surface area (Å²) in [5, 5.41) is 3.60. The highest BCUT2D eigenvalue weighted by Crippen LogP contribution is 2.29. The summed E-state index contributed by atoms with van der Waals surface area (Å²) in [5.74, 6) is 0. The first-order valence-electron chi connectivity index (χ1n) is 9.60. The minimum Gasteiger partial charge on any atom is -0.378 e. The van der Waals surface area contributed by atoms with Crippen molar-refractivity contribution in [2.24, 2.45) is 0 Å². The van der Waals surface area contributed by atoms with Gasteiger partial charge in [0.15, 0.2) is 0 Å². The number of aromatic nitrogens is 1. The van der Waals surface area contributed by atoms with Crippen molar-refractivity contribution in [2.45, 2.75) is 13.0 Å². The van der Waals surface area contributed by atoms with Gasteiger partial charge in [-0.2, -0.15) is 0 Å². The van der Waals surface area contributed by atoms with Gasteiger partial charge in [-0.25, -0.2) is 4.79 Å². The molecule has 2 amide bonds. The normalized spacial score (nSPS) is 10.5. The molecule has 3 aromatic rings. The second-order valence-electron chi connectivity index (χ2n) is 7.09. The number of hydrogen-bond donors (Lipinski definition) is 1. The summed E-state index contributed by atoms with van der Waals surface area (Å²) < 4.78 is 0. The molecule has 1 N–H and O–H groups in total. The number of amides is 2. The number of halogens is 2. The van der Waals surface area contributed by atoms with Crippen LogP contribution in [0.5, 0.6) is 0 Å². The van der Waals surface area contributed by atoms with E-state index < -0.39 is 0 Å². The Morgan fingerprint density at radius 1 is 1.00 bits per heavy atom. The van der Waals surface area contributed by atoms with Gasteiger partial charge in [0.1, 0.15) is 0 Å².